The van der Waals surface area contributed by atoms with Crippen LogP contribution in [0.4, 0.5) is 0 Å². The summed E-state index contributed by atoms with van der Waals surface area (Å²) in [4.78, 5) is 0. The van der Waals surface area contributed by atoms with Crippen molar-refractivity contribution in [3.63, 3.8) is 0 Å². The summed E-state index contributed by atoms with van der Waals surface area (Å²) in [5.74, 6) is 1.66. The Bertz CT molecular complexity index is 406. The minimum absolute atomic E-state index is 0. The van der Waals surface area contributed by atoms with Crippen LogP contribution in [0.1, 0.15) is 12.5 Å². The summed E-state index contributed by atoms with van der Waals surface area (Å²) in [5, 5.41) is 15.6. The third-order valence-electron chi connectivity index (χ3n) is 2.85. The fourth-order valence-corrected chi connectivity index (χ4v) is 1.92. The topological polar surface area (TPSA) is 62.8 Å². The quantitative estimate of drug-likeness (QED) is 0.655. The van der Waals surface area contributed by atoms with Crippen LogP contribution in [0.25, 0.3) is 0 Å². The fraction of sp³-hybridized carbons (Fsp3) is 0.571. The van der Waals surface area contributed by atoms with Gasteiger partial charge in [0.25, 0.3) is 0 Å². The van der Waals surface area contributed by atoms with Crippen LogP contribution in [-0.2, 0) is 6.54 Å². The van der Waals surface area contributed by atoms with Gasteiger partial charge in [-0.05, 0) is 24.6 Å². The molecule has 1 atom stereocenters. The molecule has 1 unspecified atom stereocenters. The van der Waals surface area contributed by atoms with E-state index in [9.17, 15) is 0 Å². The van der Waals surface area contributed by atoms with Gasteiger partial charge in [-0.2, -0.15) is 0 Å². The number of aliphatic hydroxyl groups is 1. The van der Waals surface area contributed by atoms with Crippen LogP contribution in [0.5, 0.6) is 11.5 Å². The maximum atomic E-state index is 9.09. The maximum absolute atomic E-state index is 9.09. The molecular weight excluding hydrogens is 315 g/mol. The molecule has 1 aliphatic heterocycles. The normalized spacial score (nSPS) is 13.8. The smallest absolute Gasteiger partial charge is 0.161 e. The predicted octanol–water partition coefficient (Wildman–Crippen LogP) is 1.36. The Kier molecular flexibility index (Phi) is 10.6. The SMILES string of the molecule is CC(O)CNCCNCc1ccc2c(c1)OCCO2.Cl.Cl. The molecule has 0 bridgehead atoms. The van der Waals surface area contributed by atoms with E-state index < -0.39 is 0 Å². The number of hydrogen-bond donors (Lipinski definition) is 3. The van der Waals surface area contributed by atoms with Crippen molar-refractivity contribution in [2.75, 3.05) is 32.8 Å². The van der Waals surface area contributed by atoms with Crippen LogP contribution in [0, 0.1) is 0 Å². The van der Waals surface area contributed by atoms with Gasteiger partial charge in [0.05, 0.1) is 6.10 Å². The van der Waals surface area contributed by atoms with Crippen LogP contribution in [-0.4, -0.2) is 44.1 Å². The molecule has 1 heterocycles. The number of rotatable bonds is 7. The second-order valence-electron chi connectivity index (χ2n) is 4.71. The molecule has 1 aromatic rings. The highest BCUT2D eigenvalue weighted by Crippen LogP contribution is 2.30. The standard InChI is InChI=1S/C14H22N2O3.2ClH/c1-11(17)9-15-4-5-16-10-12-2-3-13-14(8-12)19-7-6-18-13;;/h2-3,8,11,15-17H,4-7,9-10H2,1H3;2*1H. The molecule has 0 saturated carbocycles. The zero-order valence-corrected chi connectivity index (χ0v) is 13.8. The van der Waals surface area contributed by atoms with Crippen molar-refractivity contribution in [3.8, 4) is 11.5 Å². The van der Waals surface area contributed by atoms with Gasteiger partial charge in [-0.1, -0.05) is 6.07 Å². The predicted molar refractivity (Wildman–Crippen MR) is 88.2 cm³/mol. The highest BCUT2D eigenvalue weighted by molar-refractivity contribution is 5.85. The van der Waals surface area contributed by atoms with E-state index in [1.807, 2.05) is 18.2 Å². The van der Waals surface area contributed by atoms with Gasteiger partial charge in [-0.15, -0.1) is 24.8 Å². The van der Waals surface area contributed by atoms with Gasteiger partial charge in [-0.3, -0.25) is 0 Å². The van der Waals surface area contributed by atoms with Gasteiger partial charge < -0.3 is 25.2 Å². The first-order valence-electron chi connectivity index (χ1n) is 6.74. The summed E-state index contributed by atoms with van der Waals surface area (Å²) in [6, 6.07) is 6.02. The highest BCUT2D eigenvalue weighted by Gasteiger charge is 2.11. The van der Waals surface area contributed by atoms with E-state index in [4.69, 9.17) is 14.6 Å². The van der Waals surface area contributed by atoms with Crippen LogP contribution >= 0.6 is 24.8 Å². The van der Waals surface area contributed by atoms with Crippen LogP contribution in [0.2, 0.25) is 0 Å². The Morgan fingerprint density at radius 2 is 1.76 bits per heavy atom. The second kappa shape index (κ2) is 10.9. The van der Waals surface area contributed by atoms with E-state index in [0.717, 1.165) is 31.1 Å². The van der Waals surface area contributed by atoms with Crippen LogP contribution in [0.3, 0.4) is 0 Å². The van der Waals surface area contributed by atoms with Gasteiger partial charge in [-0.25, -0.2) is 0 Å². The maximum Gasteiger partial charge on any atom is 0.161 e. The number of fused-ring (bicyclic) bond motifs is 1. The molecule has 0 aromatic heterocycles. The van der Waals surface area contributed by atoms with E-state index in [1.165, 1.54) is 5.56 Å². The summed E-state index contributed by atoms with van der Waals surface area (Å²) in [7, 11) is 0. The zero-order chi connectivity index (χ0) is 13.5. The number of aliphatic hydroxyl groups excluding tert-OH is 1. The van der Waals surface area contributed by atoms with Crippen molar-refractivity contribution in [1.82, 2.24) is 10.6 Å². The van der Waals surface area contributed by atoms with Crippen molar-refractivity contribution < 1.29 is 14.6 Å². The van der Waals surface area contributed by atoms with Crippen molar-refractivity contribution in [2.24, 2.45) is 0 Å². The molecule has 2 rings (SSSR count). The van der Waals surface area contributed by atoms with Gasteiger partial charge >= 0.3 is 0 Å². The Hall–Kier alpha value is -0.720. The minimum atomic E-state index is -0.294. The Balaban J connectivity index is 0.00000200. The molecule has 1 aliphatic rings. The third-order valence-corrected chi connectivity index (χ3v) is 2.85. The van der Waals surface area contributed by atoms with Crippen LogP contribution in [0.15, 0.2) is 18.2 Å². The number of hydrogen-bond acceptors (Lipinski definition) is 5. The molecule has 1 aromatic carbocycles. The lowest BCUT2D eigenvalue weighted by atomic mass is 10.2. The first-order valence-corrected chi connectivity index (χ1v) is 6.74. The molecular formula is C14H24Cl2N2O3. The average Bonchev–Trinajstić information content (AvgIpc) is 2.42. The summed E-state index contributed by atoms with van der Waals surface area (Å²) in [5.41, 5.74) is 1.18. The molecule has 0 amide bonds. The number of nitrogens with one attached hydrogen (secondary N) is 2. The van der Waals surface area contributed by atoms with Crippen LogP contribution < -0.4 is 20.1 Å². The summed E-state index contributed by atoms with van der Waals surface area (Å²) in [6.45, 7) is 6.15. The molecule has 0 spiro atoms. The number of halogens is 2. The molecule has 3 N–H and O–H groups in total. The van der Waals surface area contributed by atoms with Gasteiger partial charge in [0.1, 0.15) is 13.2 Å². The Labute approximate surface area is 138 Å². The van der Waals surface area contributed by atoms with E-state index in [1.54, 1.807) is 6.92 Å². The van der Waals surface area contributed by atoms with Gasteiger partial charge in [0, 0.05) is 26.2 Å². The molecule has 7 heteroatoms. The minimum Gasteiger partial charge on any atom is -0.486 e. The highest BCUT2D eigenvalue weighted by atomic mass is 35.5. The molecule has 5 nitrogen and oxygen atoms in total. The first kappa shape index (κ1) is 20.3. The molecule has 0 aliphatic carbocycles. The molecule has 0 saturated heterocycles. The largest absolute Gasteiger partial charge is 0.486 e. The third kappa shape index (κ3) is 7.20. The molecule has 21 heavy (non-hydrogen) atoms. The van der Waals surface area contributed by atoms with Crippen molar-refractivity contribution in [1.29, 1.82) is 0 Å². The lowest BCUT2D eigenvalue weighted by Crippen LogP contribution is -2.31. The Morgan fingerprint density at radius 3 is 2.48 bits per heavy atom. The summed E-state index contributed by atoms with van der Waals surface area (Å²) < 4.78 is 11.0. The van der Waals surface area contributed by atoms with Crippen molar-refractivity contribution in [3.05, 3.63) is 23.8 Å². The van der Waals surface area contributed by atoms with E-state index in [2.05, 4.69) is 10.6 Å². The molecule has 0 fully saturated rings. The number of benzene rings is 1. The lowest BCUT2D eigenvalue weighted by Gasteiger charge is -2.19. The van der Waals surface area contributed by atoms with Crippen molar-refractivity contribution in [2.45, 2.75) is 19.6 Å². The fourth-order valence-electron chi connectivity index (χ4n) is 1.92. The summed E-state index contributed by atoms with van der Waals surface area (Å²) >= 11 is 0. The molecule has 0 radical (unpaired) electrons. The van der Waals surface area contributed by atoms with Gasteiger partial charge in [0.15, 0.2) is 11.5 Å². The van der Waals surface area contributed by atoms with Crippen molar-refractivity contribution >= 4 is 24.8 Å². The van der Waals surface area contributed by atoms with E-state index in [-0.39, 0.29) is 30.9 Å². The molecule has 122 valence electrons. The average molecular weight is 339 g/mol. The number of ether oxygens (including phenoxy) is 2. The summed E-state index contributed by atoms with van der Waals surface area (Å²) in [6.07, 6.45) is -0.294. The van der Waals surface area contributed by atoms with E-state index >= 15 is 0 Å². The Morgan fingerprint density at radius 1 is 1.10 bits per heavy atom. The zero-order valence-electron chi connectivity index (χ0n) is 12.1. The van der Waals surface area contributed by atoms with E-state index in [0.29, 0.717) is 19.8 Å². The van der Waals surface area contributed by atoms with Gasteiger partial charge in [0.2, 0.25) is 0 Å². The first-order chi connectivity index (χ1) is 9.25. The lowest BCUT2D eigenvalue weighted by molar-refractivity contribution is 0.171. The second-order valence-corrected chi connectivity index (χ2v) is 4.71. The monoisotopic (exact) mass is 338 g/mol.